The summed E-state index contributed by atoms with van der Waals surface area (Å²) in [5.41, 5.74) is 4.45. The van der Waals surface area contributed by atoms with E-state index in [9.17, 15) is 9.59 Å². The summed E-state index contributed by atoms with van der Waals surface area (Å²) in [6.07, 6.45) is 2.24. The van der Waals surface area contributed by atoms with Gasteiger partial charge >= 0.3 is 5.97 Å². The highest BCUT2D eigenvalue weighted by Gasteiger charge is 2.38. The molecule has 0 radical (unpaired) electrons. The zero-order valence-electron chi connectivity index (χ0n) is 21.2. The molecule has 1 amide bonds. The Morgan fingerprint density at radius 3 is 2.14 bits per heavy atom. The number of carbonyl (C=O) groups excluding carboxylic acids is 2. The molecule has 0 saturated heterocycles. The Kier molecular flexibility index (Phi) is 6.78. The van der Waals surface area contributed by atoms with Crippen molar-refractivity contribution in [2.45, 2.75) is 57.4 Å². The first kappa shape index (κ1) is 25.0. The molecule has 1 aliphatic carbocycles. The molecule has 0 spiro atoms. The number of benzene rings is 2. The van der Waals surface area contributed by atoms with Crippen LogP contribution in [0.25, 0.3) is 10.4 Å². The highest BCUT2D eigenvalue weighted by Crippen LogP contribution is 2.49. The fourth-order valence-electron chi connectivity index (χ4n) is 4.80. The maximum atomic E-state index is 13.1. The number of hydrogen-bond acceptors (Lipinski definition) is 5. The summed E-state index contributed by atoms with van der Waals surface area (Å²) in [7, 11) is 3.01. The minimum atomic E-state index is -0.874. The van der Waals surface area contributed by atoms with Gasteiger partial charge in [-0.2, -0.15) is 0 Å². The molecule has 1 atom stereocenters. The van der Waals surface area contributed by atoms with Gasteiger partial charge in [-0.1, -0.05) is 58.0 Å². The summed E-state index contributed by atoms with van der Waals surface area (Å²) in [4.78, 5) is 27.0. The predicted octanol–water partition coefficient (Wildman–Crippen LogP) is 6.42. The summed E-state index contributed by atoms with van der Waals surface area (Å²) in [5, 5.41) is 2.83. The number of amides is 1. The molecule has 1 aromatic heterocycles. The van der Waals surface area contributed by atoms with E-state index in [2.05, 4.69) is 45.1 Å². The number of hydrogen-bond donors (Lipinski definition) is 1. The Morgan fingerprint density at radius 1 is 0.914 bits per heavy atom. The zero-order chi connectivity index (χ0) is 25.4. The molecular formula is C29H33NO4S. The molecule has 6 heteroatoms. The number of methoxy groups -OCH3 is 2. The van der Waals surface area contributed by atoms with E-state index in [1.54, 1.807) is 25.3 Å². The molecule has 1 aliphatic rings. The fourth-order valence-corrected chi connectivity index (χ4v) is 5.73. The van der Waals surface area contributed by atoms with Crippen molar-refractivity contribution < 1.29 is 19.1 Å². The van der Waals surface area contributed by atoms with Gasteiger partial charge in [0, 0.05) is 10.4 Å². The first-order chi connectivity index (χ1) is 16.6. The Labute approximate surface area is 211 Å². The molecule has 184 valence electrons. The number of rotatable bonds is 6. The molecule has 35 heavy (non-hydrogen) atoms. The SMILES string of the molecule is COC(=O)[C@@H](NC(=O)c1ccc(-c2cc3c(cc2OC)C(C)(C)CCC3(C)C)s1)c1ccccc1. The second kappa shape index (κ2) is 9.50. The van der Waals surface area contributed by atoms with Crippen LogP contribution in [0.15, 0.2) is 54.6 Å². The van der Waals surface area contributed by atoms with Crippen LogP contribution in [0.5, 0.6) is 5.75 Å². The summed E-state index contributed by atoms with van der Waals surface area (Å²) in [6.45, 7) is 9.17. The Bertz CT molecular complexity index is 1240. The Balaban J connectivity index is 1.68. The highest BCUT2D eigenvalue weighted by atomic mass is 32.1. The van der Waals surface area contributed by atoms with Gasteiger partial charge < -0.3 is 14.8 Å². The lowest BCUT2D eigenvalue weighted by Crippen LogP contribution is -2.34. The van der Waals surface area contributed by atoms with E-state index in [-0.39, 0.29) is 16.7 Å². The van der Waals surface area contributed by atoms with Crippen molar-refractivity contribution in [3.8, 4) is 16.2 Å². The van der Waals surface area contributed by atoms with Crippen LogP contribution in [0.1, 0.15) is 72.9 Å². The van der Waals surface area contributed by atoms with Crippen molar-refractivity contribution in [2.24, 2.45) is 0 Å². The van der Waals surface area contributed by atoms with Crippen LogP contribution in [0.3, 0.4) is 0 Å². The van der Waals surface area contributed by atoms with Gasteiger partial charge in [-0.3, -0.25) is 4.79 Å². The van der Waals surface area contributed by atoms with Gasteiger partial charge in [0.15, 0.2) is 6.04 Å². The molecular weight excluding hydrogens is 458 g/mol. The van der Waals surface area contributed by atoms with Crippen LogP contribution in [-0.4, -0.2) is 26.1 Å². The smallest absolute Gasteiger partial charge is 0.333 e. The Hall–Kier alpha value is -3.12. The highest BCUT2D eigenvalue weighted by molar-refractivity contribution is 7.17. The molecule has 0 saturated carbocycles. The molecule has 0 aliphatic heterocycles. The quantitative estimate of drug-likeness (QED) is 0.404. The van der Waals surface area contributed by atoms with E-state index in [0.29, 0.717) is 10.4 Å². The summed E-state index contributed by atoms with van der Waals surface area (Å²) < 4.78 is 10.7. The average Bonchev–Trinajstić information content (AvgIpc) is 3.35. The van der Waals surface area contributed by atoms with Gasteiger partial charge in [0.2, 0.25) is 0 Å². The van der Waals surface area contributed by atoms with E-state index in [1.165, 1.54) is 29.6 Å². The first-order valence-electron chi connectivity index (χ1n) is 11.8. The summed E-state index contributed by atoms with van der Waals surface area (Å²) in [5.74, 6) is -0.0264. The number of thiophene rings is 1. The third kappa shape index (κ3) is 4.85. The van der Waals surface area contributed by atoms with E-state index >= 15 is 0 Å². The topological polar surface area (TPSA) is 64.6 Å². The predicted molar refractivity (Wildman–Crippen MR) is 140 cm³/mol. The van der Waals surface area contributed by atoms with Crippen molar-refractivity contribution in [1.29, 1.82) is 0 Å². The van der Waals surface area contributed by atoms with Crippen LogP contribution < -0.4 is 10.1 Å². The molecule has 2 aromatic carbocycles. The standard InChI is InChI=1S/C29H33NO4S/c1-28(2)14-15-29(3,4)21-17-22(33-5)19(16-20(21)28)23-12-13-24(35-23)26(31)30-25(27(32)34-6)18-10-8-7-9-11-18/h7-13,16-17,25H,14-15H2,1-6H3,(H,30,31)/t25-/m0/s1. The van der Waals surface area contributed by atoms with Gasteiger partial charge in [-0.25, -0.2) is 4.79 Å². The maximum Gasteiger partial charge on any atom is 0.333 e. The number of fused-ring (bicyclic) bond motifs is 1. The minimum Gasteiger partial charge on any atom is -0.496 e. The average molecular weight is 492 g/mol. The van der Waals surface area contributed by atoms with E-state index in [1.807, 2.05) is 24.3 Å². The molecule has 1 heterocycles. The molecule has 4 rings (SSSR count). The largest absolute Gasteiger partial charge is 0.496 e. The number of ether oxygens (including phenoxy) is 2. The third-order valence-electron chi connectivity index (χ3n) is 7.11. The maximum absolute atomic E-state index is 13.1. The van der Waals surface area contributed by atoms with Crippen molar-refractivity contribution in [3.05, 3.63) is 76.2 Å². The first-order valence-corrected chi connectivity index (χ1v) is 12.7. The molecule has 5 nitrogen and oxygen atoms in total. The van der Waals surface area contributed by atoms with Gasteiger partial charge in [0.1, 0.15) is 5.75 Å². The minimum absolute atomic E-state index is 0.0623. The fraction of sp³-hybridized carbons (Fsp3) is 0.379. The third-order valence-corrected chi connectivity index (χ3v) is 8.23. The van der Waals surface area contributed by atoms with Gasteiger partial charge in [0.25, 0.3) is 5.91 Å². The van der Waals surface area contributed by atoms with Crippen LogP contribution in [0.4, 0.5) is 0 Å². The van der Waals surface area contributed by atoms with Gasteiger partial charge in [-0.05, 0) is 64.6 Å². The van der Waals surface area contributed by atoms with Gasteiger partial charge in [-0.15, -0.1) is 11.3 Å². The lowest BCUT2D eigenvalue weighted by atomic mass is 9.63. The summed E-state index contributed by atoms with van der Waals surface area (Å²) >= 11 is 1.39. The molecule has 0 unspecified atom stereocenters. The lowest BCUT2D eigenvalue weighted by molar-refractivity contribution is -0.143. The molecule has 0 fully saturated rings. The second-order valence-electron chi connectivity index (χ2n) is 10.4. The Morgan fingerprint density at radius 2 is 1.54 bits per heavy atom. The number of esters is 1. The monoisotopic (exact) mass is 491 g/mol. The van der Waals surface area contributed by atoms with Crippen molar-refractivity contribution in [1.82, 2.24) is 5.32 Å². The van der Waals surface area contributed by atoms with Crippen LogP contribution in [0.2, 0.25) is 0 Å². The number of nitrogens with one attached hydrogen (secondary N) is 1. The molecule has 3 aromatic rings. The van der Waals surface area contributed by atoms with Crippen molar-refractivity contribution >= 4 is 23.2 Å². The van der Waals surface area contributed by atoms with Gasteiger partial charge in [0.05, 0.1) is 19.1 Å². The number of carbonyl (C=O) groups is 2. The van der Waals surface area contributed by atoms with Crippen LogP contribution in [0, 0.1) is 0 Å². The normalized spacial score (nSPS) is 16.6. The van der Waals surface area contributed by atoms with Crippen molar-refractivity contribution in [3.63, 3.8) is 0 Å². The van der Waals surface area contributed by atoms with Crippen LogP contribution >= 0.6 is 11.3 Å². The van der Waals surface area contributed by atoms with Crippen molar-refractivity contribution in [2.75, 3.05) is 14.2 Å². The second-order valence-corrected chi connectivity index (χ2v) is 11.5. The van der Waals surface area contributed by atoms with E-state index in [4.69, 9.17) is 9.47 Å². The van der Waals surface area contributed by atoms with E-state index in [0.717, 1.165) is 29.0 Å². The summed E-state index contributed by atoms with van der Waals surface area (Å²) in [6, 6.07) is 16.4. The van der Waals surface area contributed by atoms with E-state index < -0.39 is 12.0 Å². The zero-order valence-corrected chi connectivity index (χ0v) is 22.0. The van der Waals surface area contributed by atoms with Crippen LogP contribution in [-0.2, 0) is 20.4 Å². The molecule has 1 N–H and O–H groups in total. The lowest BCUT2D eigenvalue weighted by Gasteiger charge is -2.42. The molecule has 0 bridgehead atoms.